The van der Waals surface area contributed by atoms with E-state index in [0.29, 0.717) is 0 Å². The van der Waals surface area contributed by atoms with Gasteiger partial charge in [0.05, 0.1) is 26.4 Å². The largest absolute Gasteiger partial charge is 0.379 e. The molecular weight excluding hydrogens is 308 g/mol. The first kappa shape index (κ1) is 17.3. The maximum Gasteiger partial charge on any atom is 0.131 e. The van der Waals surface area contributed by atoms with E-state index in [-0.39, 0.29) is 0 Å². The first-order chi connectivity index (χ1) is 11.9. The van der Waals surface area contributed by atoms with Gasteiger partial charge < -0.3 is 20.1 Å². The molecule has 0 spiro atoms. The van der Waals surface area contributed by atoms with Crippen molar-refractivity contribution in [3.05, 3.63) is 12.4 Å². The van der Waals surface area contributed by atoms with Crippen LogP contribution < -0.4 is 10.6 Å². The minimum absolute atomic E-state index is 0.838. The van der Waals surface area contributed by atoms with Gasteiger partial charge in [0.15, 0.2) is 0 Å². The summed E-state index contributed by atoms with van der Waals surface area (Å²) in [6.45, 7) is 11.2. The van der Waals surface area contributed by atoms with Crippen LogP contribution in [0, 0.1) is 0 Å². The normalized spacial score (nSPS) is 20.0. The van der Waals surface area contributed by atoms with Crippen LogP contribution in [0.5, 0.6) is 0 Å². The van der Waals surface area contributed by atoms with Crippen molar-refractivity contribution in [3.63, 3.8) is 0 Å². The van der Waals surface area contributed by atoms with E-state index in [1.54, 1.807) is 6.33 Å². The lowest BCUT2D eigenvalue weighted by atomic mass is 10.4. The van der Waals surface area contributed by atoms with Gasteiger partial charge in [-0.1, -0.05) is 0 Å². The number of aromatic nitrogens is 2. The van der Waals surface area contributed by atoms with Crippen LogP contribution in [0.3, 0.4) is 0 Å². The zero-order valence-corrected chi connectivity index (χ0v) is 14.2. The van der Waals surface area contributed by atoms with Crippen molar-refractivity contribution in [2.75, 3.05) is 89.4 Å². The number of rotatable bonds is 8. The van der Waals surface area contributed by atoms with Crippen molar-refractivity contribution in [1.29, 1.82) is 0 Å². The highest BCUT2D eigenvalue weighted by atomic mass is 16.5. The quantitative estimate of drug-likeness (QED) is 0.685. The summed E-state index contributed by atoms with van der Waals surface area (Å²) in [5.74, 6) is 1.74. The Hall–Kier alpha value is -1.48. The van der Waals surface area contributed by atoms with Gasteiger partial charge in [-0.15, -0.1) is 0 Å². The van der Waals surface area contributed by atoms with Crippen LogP contribution in [-0.2, 0) is 9.47 Å². The molecule has 134 valence electrons. The zero-order chi connectivity index (χ0) is 16.5. The van der Waals surface area contributed by atoms with Gasteiger partial charge in [0.1, 0.15) is 18.0 Å². The molecule has 0 saturated carbocycles. The van der Waals surface area contributed by atoms with Crippen molar-refractivity contribution in [3.8, 4) is 0 Å². The van der Waals surface area contributed by atoms with E-state index in [9.17, 15) is 0 Å². The van der Waals surface area contributed by atoms with Crippen LogP contribution in [0.15, 0.2) is 12.4 Å². The number of ether oxygens (including phenoxy) is 2. The Morgan fingerprint density at radius 1 is 0.792 bits per heavy atom. The number of nitrogens with zero attached hydrogens (tertiary/aromatic N) is 4. The van der Waals surface area contributed by atoms with Crippen molar-refractivity contribution >= 4 is 11.6 Å². The number of anilines is 2. The Labute approximate surface area is 143 Å². The lowest BCUT2D eigenvalue weighted by Gasteiger charge is -2.26. The third-order valence-corrected chi connectivity index (χ3v) is 4.34. The van der Waals surface area contributed by atoms with Gasteiger partial charge in [0, 0.05) is 58.4 Å². The molecule has 2 aliphatic heterocycles. The Morgan fingerprint density at radius 3 is 1.71 bits per heavy atom. The summed E-state index contributed by atoms with van der Waals surface area (Å²) in [6, 6.07) is 1.97. The van der Waals surface area contributed by atoms with Crippen LogP contribution in [0.2, 0.25) is 0 Å². The van der Waals surface area contributed by atoms with Crippen molar-refractivity contribution in [2.24, 2.45) is 0 Å². The number of morpholine rings is 2. The minimum atomic E-state index is 0.838. The fourth-order valence-corrected chi connectivity index (χ4v) is 2.88. The van der Waals surface area contributed by atoms with E-state index >= 15 is 0 Å². The van der Waals surface area contributed by atoms with Crippen LogP contribution in [0.25, 0.3) is 0 Å². The second-order valence-electron chi connectivity index (χ2n) is 6.05. The van der Waals surface area contributed by atoms with E-state index < -0.39 is 0 Å². The Balaban J connectivity index is 1.35. The summed E-state index contributed by atoms with van der Waals surface area (Å²) in [6.07, 6.45) is 1.61. The Morgan fingerprint density at radius 2 is 1.25 bits per heavy atom. The second kappa shape index (κ2) is 9.73. The molecule has 2 fully saturated rings. The molecule has 1 aromatic heterocycles. The molecular formula is C16H28N6O2. The molecule has 3 rings (SSSR count). The molecule has 0 atom stereocenters. The van der Waals surface area contributed by atoms with E-state index in [2.05, 4.69) is 30.4 Å². The highest BCUT2D eigenvalue weighted by Crippen LogP contribution is 2.08. The average Bonchev–Trinajstić information content (AvgIpc) is 2.64. The van der Waals surface area contributed by atoms with Gasteiger partial charge in [0.25, 0.3) is 0 Å². The van der Waals surface area contributed by atoms with Crippen LogP contribution in [0.1, 0.15) is 0 Å². The molecule has 0 aliphatic carbocycles. The third kappa shape index (κ3) is 5.86. The van der Waals surface area contributed by atoms with E-state index in [4.69, 9.17) is 9.47 Å². The van der Waals surface area contributed by atoms with Crippen molar-refractivity contribution < 1.29 is 9.47 Å². The fraction of sp³-hybridized carbons (Fsp3) is 0.750. The Kier molecular flexibility index (Phi) is 7.03. The molecule has 8 nitrogen and oxygen atoms in total. The van der Waals surface area contributed by atoms with Crippen LogP contribution in [0.4, 0.5) is 11.6 Å². The monoisotopic (exact) mass is 336 g/mol. The summed E-state index contributed by atoms with van der Waals surface area (Å²) in [4.78, 5) is 13.4. The highest BCUT2D eigenvalue weighted by Gasteiger charge is 2.10. The van der Waals surface area contributed by atoms with Crippen LogP contribution >= 0.6 is 0 Å². The molecule has 0 aromatic carbocycles. The zero-order valence-electron chi connectivity index (χ0n) is 14.2. The topological polar surface area (TPSA) is 74.8 Å². The molecule has 2 N–H and O–H groups in total. The third-order valence-electron chi connectivity index (χ3n) is 4.34. The van der Waals surface area contributed by atoms with E-state index in [1.165, 1.54) is 0 Å². The van der Waals surface area contributed by atoms with Gasteiger partial charge in [-0.3, -0.25) is 9.80 Å². The molecule has 0 radical (unpaired) electrons. The molecule has 0 amide bonds. The smallest absolute Gasteiger partial charge is 0.131 e. The van der Waals surface area contributed by atoms with Crippen molar-refractivity contribution in [2.45, 2.75) is 0 Å². The molecule has 24 heavy (non-hydrogen) atoms. The maximum atomic E-state index is 5.36. The summed E-state index contributed by atoms with van der Waals surface area (Å²) < 4.78 is 10.7. The predicted octanol–water partition coefficient (Wildman–Crippen LogP) is -0.0352. The first-order valence-electron chi connectivity index (χ1n) is 8.80. The highest BCUT2D eigenvalue weighted by molar-refractivity contribution is 5.46. The number of hydrogen-bond donors (Lipinski definition) is 2. The predicted molar refractivity (Wildman–Crippen MR) is 93.5 cm³/mol. The molecule has 0 bridgehead atoms. The fourth-order valence-electron chi connectivity index (χ4n) is 2.88. The van der Waals surface area contributed by atoms with Gasteiger partial charge in [-0.05, 0) is 0 Å². The summed E-state index contributed by atoms with van der Waals surface area (Å²) >= 11 is 0. The first-order valence-corrected chi connectivity index (χ1v) is 8.80. The van der Waals surface area contributed by atoms with Crippen LogP contribution in [-0.4, -0.2) is 98.6 Å². The van der Waals surface area contributed by atoms with Crippen molar-refractivity contribution in [1.82, 2.24) is 19.8 Å². The molecule has 1 aromatic rings. The maximum absolute atomic E-state index is 5.36. The van der Waals surface area contributed by atoms with Gasteiger partial charge in [0.2, 0.25) is 0 Å². The number of hydrogen-bond acceptors (Lipinski definition) is 8. The summed E-state index contributed by atoms with van der Waals surface area (Å²) in [5.41, 5.74) is 0. The molecule has 8 heteroatoms. The Bertz CT molecular complexity index is 438. The summed E-state index contributed by atoms with van der Waals surface area (Å²) in [5, 5.41) is 6.74. The standard InChI is InChI=1S/C16H28N6O2/c1(3-21-5-9-23-10-6-21)17-15-13-16(20-14-19-15)18-2-4-22-7-11-24-12-8-22/h13-14H,1-12H2,(H2,17,18,19,20). The number of nitrogens with one attached hydrogen (secondary N) is 2. The lowest BCUT2D eigenvalue weighted by molar-refractivity contribution is 0.0398. The van der Waals surface area contributed by atoms with Gasteiger partial charge in [-0.2, -0.15) is 0 Å². The van der Waals surface area contributed by atoms with Gasteiger partial charge >= 0.3 is 0 Å². The lowest BCUT2D eigenvalue weighted by Crippen LogP contribution is -2.39. The van der Waals surface area contributed by atoms with E-state index in [0.717, 1.165) is 90.4 Å². The molecule has 2 saturated heterocycles. The minimum Gasteiger partial charge on any atom is -0.379 e. The average molecular weight is 336 g/mol. The second-order valence-corrected chi connectivity index (χ2v) is 6.05. The molecule has 2 aliphatic rings. The molecule has 3 heterocycles. The van der Waals surface area contributed by atoms with E-state index in [1.807, 2.05) is 6.07 Å². The molecule has 0 unspecified atom stereocenters. The summed E-state index contributed by atoms with van der Waals surface area (Å²) in [7, 11) is 0. The SMILES string of the molecule is c1nc(NCCN2CCOCC2)cc(NCCN2CCOCC2)n1. The van der Waals surface area contributed by atoms with Gasteiger partial charge in [-0.25, -0.2) is 9.97 Å².